The Morgan fingerprint density at radius 3 is 2.21 bits per heavy atom. The van der Waals surface area contributed by atoms with Crippen LogP contribution in [-0.4, -0.2) is 57.4 Å². The maximum absolute atomic E-state index is 13.1. The molecule has 0 N–H and O–H groups in total. The first-order chi connectivity index (χ1) is 16.3. The Labute approximate surface area is 202 Å². The van der Waals surface area contributed by atoms with Crippen LogP contribution in [0.5, 0.6) is 0 Å². The van der Waals surface area contributed by atoms with Gasteiger partial charge >= 0.3 is 0 Å². The zero-order chi connectivity index (χ0) is 24.1. The molecule has 1 aliphatic heterocycles. The molecular formula is C27H31N3O3S. The Bertz CT molecular complexity index is 1210. The largest absolute Gasteiger partial charge is 0.337 e. The number of hydrogen-bond donors (Lipinski definition) is 0. The minimum atomic E-state index is -3.67. The summed E-state index contributed by atoms with van der Waals surface area (Å²) in [7, 11) is -2.14. The van der Waals surface area contributed by atoms with Gasteiger partial charge in [0.25, 0.3) is 15.9 Å². The minimum absolute atomic E-state index is 0.0165. The third kappa shape index (κ3) is 5.48. The molecule has 6 nitrogen and oxygen atoms in total. The Morgan fingerprint density at radius 2 is 1.53 bits per heavy atom. The van der Waals surface area contributed by atoms with Crippen molar-refractivity contribution in [3.8, 4) is 0 Å². The van der Waals surface area contributed by atoms with E-state index >= 15 is 0 Å². The Morgan fingerprint density at radius 1 is 0.853 bits per heavy atom. The van der Waals surface area contributed by atoms with E-state index in [1.165, 1.54) is 16.9 Å². The van der Waals surface area contributed by atoms with Crippen LogP contribution in [0.4, 0.5) is 5.69 Å². The fourth-order valence-corrected chi connectivity index (χ4v) is 5.37. The monoisotopic (exact) mass is 477 g/mol. The fraction of sp³-hybridized carbons (Fsp3) is 0.296. The van der Waals surface area contributed by atoms with E-state index in [2.05, 4.69) is 29.2 Å². The number of aryl methyl sites for hydroxylation is 1. The molecule has 0 atom stereocenters. The lowest BCUT2D eigenvalue weighted by molar-refractivity contribution is 0.0761. The predicted molar refractivity (Wildman–Crippen MR) is 135 cm³/mol. The highest BCUT2D eigenvalue weighted by Crippen LogP contribution is 2.23. The van der Waals surface area contributed by atoms with E-state index in [4.69, 9.17) is 0 Å². The van der Waals surface area contributed by atoms with Crippen molar-refractivity contribution in [2.75, 3.05) is 37.5 Å². The van der Waals surface area contributed by atoms with Gasteiger partial charge in [-0.1, -0.05) is 48.0 Å². The van der Waals surface area contributed by atoms with Crippen molar-refractivity contribution in [3.05, 3.63) is 95.6 Å². The summed E-state index contributed by atoms with van der Waals surface area (Å²) in [6.45, 7) is 5.98. The molecule has 34 heavy (non-hydrogen) atoms. The highest BCUT2D eigenvalue weighted by molar-refractivity contribution is 7.92. The molecule has 1 aliphatic rings. The van der Waals surface area contributed by atoms with Gasteiger partial charge in [-0.2, -0.15) is 0 Å². The van der Waals surface area contributed by atoms with Gasteiger partial charge in [-0.15, -0.1) is 0 Å². The summed E-state index contributed by atoms with van der Waals surface area (Å²) in [6.07, 6.45) is 0.925. The van der Waals surface area contributed by atoms with Gasteiger partial charge in [0.1, 0.15) is 0 Å². The van der Waals surface area contributed by atoms with Crippen LogP contribution in [0.25, 0.3) is 0 Å². The molecule has 1 heterocycles. The third-order valence-corrected chi connectivity index (χ3v) is 8.08. The lowest BCUT2D eigenvalue weighted by atomic mass is 10.1. The molecule has 0 radical (unpaired) electrons. The number of anilines is 1. The lowest BCUT2D eigenvalue weighted by Crippen LogP contribution is -2.35. The van der Waals surface area contributed by atoms with Gasteiger partial charge in [-0.3, -0.25) is 14.0 Å². The number of sulfonamides is 1. The molecule has 0 bridgehead atoms. The number of carbonyl (C=O) groups is 1. The molecule has 1 saturated heterocycles. The van der Waals surface area contributed by atoms with Crippen LogP contribution in [0, 0.1) is 6.92 Å². The van der Waals surface area contributed by atoms with E-state index < -0.39 is 10.0 Å². The molecule has 178 valence electrons. The minimum Gasteiger partial charge on any atom is -0.337 e. The van der Waals surface area contributed by atoms with Gasteiger partial charge in [0.15, 0.2) is 0 Å². The number of hydrogen-bond acceptors (Lipinski definition) is 4. The molecule has 7 heteroatoms. The first kappa shape index (κ1) is 24.0. The van der Waals surface area contributed by atoms with E-state index in [1.54, 1.807) is 48.5 Å². The van der Waals surface area contributed by atoms with Crippen molar-refractivity contribution in [3.63, 3.8) is 0 Å². The molecule has 0 unspecified atom stereocenters. The molecule has 3 aromatic rings. The average molecular weight is 478 g/mol. The number of benzene rings is 3. The second-order valence-electron chi connectivity index (χ2n) is 8.74. The van der Waals surface area contributed by atoms with Gasteiger partial charge in [-0.05, 0) is 55.3 Å². The number of amides is 1. The summed E-state index contributed by atoms with van der Waals surface area (Å²) >= 11 is 0. The van der Waals surface area contributed by atoms with E-state index in [0.29, 0.717) is 24.3 Å². The number of carbonyl (C=O) groups excluding carboxylic acids is 1. The maximum atomic E-state index is 13.1. The molecule has 0 saturated carbocycles. The smallest absolute Gasteiger partial charge is 0.264 e. The van der Waals surface area contributed by atoms with Crippen LogP contribution in [0.1, 0.15) is 27.9 Å². The molecule has 1 amide bonds. The van der Waals surface area contributed by atoms with Gasteiger partial charge in [-0.25, -0.2) is 8.42 Å². The molecular weight excluding hydrogens is 446 g/mol. The van der Waals surface area contributed by atoms with E-state index in [1.807, 2.05) is 17.9 Å². The molecule has 0 aromatic heterocycles. The van der Waals surface area contributed by atoms with Crippen LogP contribution < -0.4 is 4.31 Å². The standard InChI is InChI=1S/C27H31N3O3S/c1-22-9-15-26(16-10-22)34(32,33)28(2)25-13-11-24(12-14-25)27(31)30-18-6-17-29(19-20-30)21-23-7-4-3-5-8-23/h3-5,7-16H,6,17-21H2,1-2H3. The van der Waals surface area contributed by atoms with E-state index in [-0.39, 0.29) is 10.8 Å². The second kappa shape index (κ2) is 10.4. The molecule has 0 spiro atoms. The SMILES string of the molecule is Cc1ccc(S(=O)(=O)N(C)c2ccc(C(=O)N3CCCN(Cc4ccccc4)CC3)cc2)cc1. The highest BCUT2D eigenvalue weighted by atomic mass is 32.2. The van der Waals surface area contributed by atoms with Crippen molar-refractivity contribution < 1.29 is 13.2 Å². The van der Waals surface area contributed by atoms with E-state index in [0.717, 1.165) is 31.6 Å². The quantitative estimate of drug-likeness (QED) is 0.535. The van der Waals surface area contributed by atoms with Crippen LogP contribution in [-0.2, 0) is 16.6 Å². The maximum Gasteiger partial charge on any atom is 0.264 e. The fourth-order valence-electron chi connectivity index (χ4n) is 4.18. The molecule has 1 fully saturated rings. The zero-order valence-electron chi connectivity index (χ0n) is 19.7. The Hall–Kier alpha value is -3.16. The van der Waals surface area contributed by atoms with Crippen LogP contribution in [0.3, 0.4) is 0 Å². The Kier molecular flexibility index (Phi) is 7.34. The first-order valence-electron chi connectivity index (χ1n) is 11.6. The van der Waals surface area contributed by atoms with Gasteiger partial charge in [0, 0.05) is 45.3 Å². The summed E-state index contributed by atoms with van der Waals surface area (Å²) in [5.74, 6) is -0.0165. The summed E-state index contributed by atoms with van der Waals surface area (Å²) < 4.78 is 27.2. The van der Waals surface area contributed by atoms with Crippen LogP contribution in [0.15, 0.2) is 83.8 Å². The second-order valence-corrected chi connectivity index (χ2v) is 10.7. The van der Waals surface area contributed by atoms with Crippen molar-refractivity contribution in [1.29, 1.82) is 0 Å². The predicted octanol–water partition coefficient (Wildman–Crippen LogP) is 4.17. The first-order valence-corrected chi connectivity index (χ1v) is 13.0. The number of rotatable bonds is 6. The van der Waals surface area contributed by atoms with Crippen molar-refractivity contribution >= 4 is 21.6 Å². The van der Waals surface area contributed by atoms with Crippen molar-refractivity contribution in [1.82, 2.24) is 9.80 Å². The van der Waals surface area contributed by atoms with Crippen LogP contribution >= 0.6 is 0 Å². The van der Waals surface area contributed by atoms with Gasteiger partial charge < -0.3 is 4.90 Å². The average Bonchev–Trinajstić information content (AvgIpc) is 3.09. The summed E-state index contributed by atoms with van der Waals surface area (Å²) in [5.41, 5.74) is 3.37. The van der Waals surface area contributed by atoms with Crippen molar-refractivity contribution in [2.45, 2.75) is 24.8 Å². The van der Waals surface area contributed by atoms with Crippen molar-refractivity contribution in [2.24, 2.45) is 0 Å². The zero-order valence-corrected chi connectivity index (χ0v) is 20.5. The molecule has 3 aromatic carbocycles. The highest BCUT2D eigenvalue weighted by Gasteiger charge is 2.23. The third-order valence-electron chi connectivity index (χ3n) is 6.28. The summed E-state index contributed by atoms with van der Waals surface area (Å²) in [4.78, 5) is 17.6. The van der Waals surface area contributed by atoms with E-state index in [9.17, 15) is 13.2 Å². The summed E-state index contributed by atoms with van der Waals surface area (Å²) in [5, 5.41) is 0. The number of nitrogens with zero attached hydrogens (tertiary/aromatic N) is 3. The lowest BCUT2D eigenvalue weighted by Gasteiger charge is -2.23. The molecule has 4 rings (SSSR count). The summed E-state index contributed by atoms with van der Waals surface area (Å²) in [6, 6.07) is 24.0. The normalized spacial score (nSPS) is 15.1. The van der Waals surface area contributed by atoms with Gasteiger partial charge in [0.2, 0.25) is 0 Å². The van der Waals surface area contributed by atoms with Gasteiger partial charge in [0.05, 0.1) is 10.6 Å². The Balaban J connectivity index is 1.40. The molecule has 0 aliphatic carbocycles. The topological polar surface area (TPSA) is 60.9 Å². The van der Waals surface area contributed by atoms with Crippen LogP contribution in [0.2, 0.25) is 0 Å².